The van der Waals surface area contributed by atoms with Crippen LogP contribution in [0, 0.1) is 0 Å². The van der Waals surface area contributed by atoms with Gasteiger partial charge in [-0.05, 0) is 30.7 Å². The van der Waals surface area contributed by atoms with Crippen molar-refractivity contribution in [2.45, 2.75) is 44.7 Å². The van der Waals surface area contributed by atoms with Crippen LogP contribution in [0.3, 0.4) is 0 Å². The number of carbonyl (C=O) groups excluding carboxylic acids is 1. The molecule has 1 aliphatic heterocycles. The van der Waals surface area contributed by atoms with E-state index in [1.165, 1.54) is 31.0 Å². The maximum atomic E-state index is 12.0. The summed E-state index contributed by atoms with van der Waals surface area (Å²) in [5.74, 6) is 0.440. The second kappa shape index (κ2) is 7.33. The number of halogens is 1. The number of carbonyl (C=O) groups is 1. The second-order valence-corrected chi connectivity index (χ2v) is 6.93. The highest BCUT2D eigenvalue weighted by atomic mass is 35.5. The van der Waals surface area contributed by atoms with Crippen LogP contribution in [0.2, 0.25) is 0 Å². The van der Waals surface area contributed by atoms with Crippen LogP contribution in [-0.2, 0) is 11.3 Å². The first kappa shape index (κ1) is 15.6. The highest BCUT2D eigenvalue weighted by Gasteiger charge is 2.25. The summed E-state index contributed by atoms with van der Waals surface area (Å²) >= 11 is 7.11. The Morgan fingerprint density at radius 2 is 2.27 bits per heavy atom. The van der Waals surface area contributed by atoms with Gasteiger partial charge in [0.15, 0.2) is 5.17 Å². The van der Waals surface area contributed by atoms with E-state index in [1.54, 1.807) is 10.9 Å². The molecule has 1 N–H and O–H groups in total. The van der Waals surface area contributed by atoms with Crippen LogP contribution in [-0.4, -0.2) is 32.8 Å². The van der Waals surface area contributed by atoms with E-state index in [4.69, 9.17) is 11.6 Å². The van der Waals surface area contributed by atoms with Crippen molar-refractivity contribution in [3.8, 4) is 0 Å². The third-order valence-corrected chi connectivity index (χ3v) is 4.88. The average molecular weight is 339 g/mol. The Bertz CT molecular complexity index is 604. The number of nitrogens with one attached hydrogen (secondary N) is 1. The molecule has 22 heavy (non-hydrogen) atoms. The van der Waals surface area contributed by atoms with Gasteiger partial charge in [-0.15, -0.1) is 11.6 Å². The summed E-state index contributed by atoms with van der Waals surface area (Å²) in [6.07, 6.45) is 11.5. The Hall–Kier alpha value is -1.27. The molecule has 7 heteroatoms. The van der Waals surface area contributed by atoms with Gasteiger partial charge in [0.2, 0.25) is 0 Å². The zero-order valence-electron chi connectivity index (χ0n) is 12.3. The summed E-state index contributed by atoms with van der Waals surface area (Å²) in [4.78, 5) is 17.4. The van der Waals surface area contributed by atoms with Gasteiger partial charge in [-0.1, -0.05) is 19.3 Å². The Kier molecular flexibility index (Phi) is 5.20. The van der Waals surface area contributed by atoms with Gasteiger partial charge in [-0.2, -0.15) is 5.10 Å². The molecule has 2 fully saturated rings. The Morgan fingerprint density at radius 3 is 3.05 bits per heavy atom. The van der Waals surface area contributed by atoms with Gasteiger partial charge in [0.25, 0.3) is 5.91 Å². The van der Waals surface area contributed by atoms with Crippen LogP contribution in [0.5, 0.6) is 0 Å². The number of aliphatic imine (C=N–C) groups is 1. The molecule has 1 saturated heterocycles. The van der Waals surface area contributed by atoms with Crippen LogP contribution in [0.1, 0.15) is 37.7 Å². The highest BCUT2D eigenvalue weighted by molar-refractivity contribution is 8.18. The number of hydrogen-bond donors (Lipinski definition) is 1. The summed E-state index contributed by atoms with van der Waals surface area (Å²) in [6.45, 7) is 0.665. The van der Waals surface area contributed by atoms with Crippen molar-refractivity contribution in [3.05, 3.63) is 22.9 Å². The lowest BCUT2D eigenvalue weighted by atomic mass is 9.96. The molecule has 0 radical (unpaired) electrons. The van der Waals surface area contributed by atoms with Crippen molar-refractivity contribution in [2.75, 3.05) is 5.88 Å². The van der Waals surface area contributed by atoms with Crippen molar-refractivity contribution in [1.82, 2.24) is 15.1 Å². The van der Waals surface area contributed by atoms with E-state index >= 15 is 0 Å². The minimum atomic E-state index is -0.0790. The molecule has 0 unspecified atom stereocenters. The maximum Gasteiger partial charge on any atom is 0.264 e. The van der Waals surface area contributed by atoms with Crippen LogP contribution in [0.4, 0.5) is 0 Å². The van der Waals surface area contributed by atoms with E-state index < -0.39 is 0 Å². The molecule has 2 aliphatic rings. The Balaban J connectivity index is 1.68. The summed E-state index contributed by atoms with van der Waals surface area (Å²) in [5, 5.41) is 7.80. The van der Waals surface area contributed by atoms with Crippen LogP contribution >= 0.6 is 23.4 Å². The molecule has 1 saturated carbocycles. The molecule has 0 aromatic carbocycles. The lowest BCUT2D eigenvalue weighted by Crippen LogP contribution is -2.22. The van der Waals surface area contributed by atoms with E-state index in [1.807, 2.05) is 12.3 Å². The first-order valence-corrected chi connectivity index (χ1v) is 8.97. The number of nitrogens with zero attached hydrogens (tertiary/aromatic N) is 3. The largest absolute Gasteiger partial charge is 0.301 e. The number of rotatable bonds is 4. The van der Waals surface area contributed by atoms with E-state index in [2.05, 4.69) is 15.4 Å². The summed E-state index contributed by atoms with van der Waals surface area (Å²) in [5.41, 5.74) is 0.904. The normalized spacial score (nSPS) is 23.4. The van der Waals surface area contributed by atoms with Crippen LogP contribution < -0.4 is 5.32 Å². The minimum Gasteiger partial charge on any atom is -0.301 e. The monoisotopic (exact) mass is 338 g/mol. The van der Waals surface area contributed by atoms with Gasteiger partial charge in [-0.25, -0.2) is 0 Å². The summed E-state index contributed by atoms with van der Waals surface area (Å²) in [7, 11) is 0. The molecule has 0 atom stereocenters. The lowest BCUT2D eigenvalue weighted by Gasteiger charge is -2.17. The van der Waals surface area contributed by atoms with Crippen LogP contribution in [0.15, 0.2) is 22.3 Å². The first-order valence-electron chi connectivity index (χ1n) is 7.62. The second-order valence-electron chi connectivity index (χ2n) is 5.52. The quantitative estimate of drug-likeness (QED) is 0.678. The summed E-state index contributed by atoms with van der Waals surface area (Å²) < 4.78 is 1.77. The molecule has 2 heterocycles. The van der Waals surface area contributed by atoms with Crippen molar-refractivity contribution >= 4 is 40.5 Å². The highest BCUT2D eigenvalue weighted by Crippen LogP contribution is 2.28. The van der Waals surface area contributed by atoms with E-state index in [0.29, 0.717) is 23.4 Å². The zero-order valence-corrected chi connectivity index (χ0v) is 13.9. The number of hydrogen-bond acceptors (Lipinski definition) is 4. The maximum absolute atomic E-state index is 12.0. The van der Waals surface area contributed by atoms with Gasteiger partial charge in [0.05, 0.1) is 23.7 Å². The number of aryl methyl sites for hydroxylation is 1. The third kappa shape index (κ3) is 3.93. The number of amides is 1. The van der Waals surface area contributed by atoms with E-state index in [0.717, 1.165) is 23.6 Å². The first-order chi connectivity index (χ1) is 10.7. The predicted molar refractivity (Wildman–Crippen MR) is 91.0 cm³/mol. The van der Waals surface area contributed by atoms with Gasteiger partial charge in [-0.3, -0.25) is 14.5 Å². The average Bonchev–Trinajstić information content (AvgIpc) is 3.08. The lowest BCUT2D eigenvalue weighted by molar-refractivity contribution is -0.115. The van der Waals surface area contributed by atoms with Gasteiger partial charge in [0.1, 0.15) is 0 Å². The molecule has 3 rings (SSSR count). The van der Waals surface area contributed by atoms with Crippen molar-refractivity contribution < 1.29 is 4.79 Å². The van der Waals surface area contributed by atoms with E-state index in [9.17, 15) is 4.79 Å². The standard InChI is InChI=1S/C15H19ClN4OS/c16-6-7-20-10-11(9-17-20)8-13-14(21)19-15(22-13)18-12-4-2-1-3-5-12/h8-10,12H,1-7H2,(H,18,19,21)/b13-8-. The third-order valence-electron chi connectivity index (χ3n) is 3.79. The van der Waals surface area contributed by atoms with Crippen molar-refractivity contribution in [3.63, 3.8) is 0 Å². The summed E-state index contributed by atoms with van der Waals surface area (Å²) in [6, 6.07) is 0.363. The molecule has 0 spiro atoms. The molecule has 1 aromatic rings. The predicted octanol–water partition coefficient (Wildman–Crippen LogP) is 3.01. The Morgan fingerprint density at radius 1 is 1.45 bits per heavy atom. The fraction of sp³-hybridized carbons (Fsp3) is 0.533. The minimum absolute atomic E-state index is 0.0790. The number of thioether (sulfide) groups is 1. The van der Waals surface area contributed by atoms with Gasteiger partial charge >= 0.3 is 0 Å². The molecular formula is C15H19ClN4OS. The van der Waals surface area contributed by atoms with Gasteiger partial charge in [0, 0.05) is 17.6 Å². The SMILES string of the molecule is O=C1NC(=NC2CCCCC2)S/C1=C\c1cnn(CCCl)c1. The van der Waals surface area contributed by atoms with Crippen molar-refractivity contribution in [2.24, 2.45) is 4.99 Å². The van der Waals surface area contributed by atoms with E-state index in [-0.39, 0.29) is 5.91 Å². The number of alkyl halides is 1. The molecule has 1 amide bonds. The topological polar surface area (TPSA) is 59.3 Å². The van der Waals surface area contributed by atoms with Crippen molar-refractivity contribution in [1.29, 1.82) is 0 Å². The smallest absolute Gasteiger partial charge is 0.264 e. The molecule has 1 aliphatic carbocycles. The molecular weight excluding hydrogens is 320 g/mol. The molecule has 118 valence electrons. The Labute approximate surface area is 139 Å². The number of amidine groups is 1. The van der Waals surface area contributed by atoms with Gasteiger partial charge < -0.3 is 5.32 Å². The zero-order chi connectivity index (χ0) is 15.4. The molecule has 5 nitrogen and oxygen atoms in total. The fourth-order valence-electron chi connectivity index (χ4n) is 2.68. The van der Waals surface area contributed by atoms with Crippen LogP contribution in [0.25, 0.3) is 6.08 Å². The molecule has 1 aromatic heterocycles. The fourth-order valence-corrected chi connectivity index (χ4v) is 3.74. The number of aromatic nitrogens is 2. The molecule has 0 bridgehead atoms.